The van der Waals surface area contributed by atoms with E-state index in [4.69, 9.17) is 0 Å². The van der Waals surface area contributed by atoms with E-state index < -0.39 is 0 Å². The minimum Gasteiger partial charge on any atom is -0.311 e. The maximum Gasteiger partial charge on any atom is 0.0462 e. The number of hydrogen-bond donors (Lipinski definition) is 0. The maximum absolute atomic E-state index is 2.29. The van der Waals surface area contributed by atoms with Crippen LogP contribution in [0.2, 0.25) is 0 Å². The van der Waals surface area contributed by atoms with Gasteiger partial charge in [-0.05, 0) is 128 Å². The molecule has 0 aliphatic rings. The molecule has 10 aromatic rings. The second kappa shape index (κ2) is 17.6. The van der Waals surface area contributed by atoms with E-state index in [0.717, 1.165) is 34.1 Å². The molecule has 0 radical (unpaired) electrons. The molecule has 2 nitrogen and oxygen atoms in total. The standard InChI is InChI=1S/C60H44N2/c1-5-13-55(14-6-1)61(56-15-7-2-8-16-56)59-41-37-53(38-42-59)51-33-29-49(30-34-51)47-25-21-45(22-26-47)46-23-27-48(28-24-46)50-31-35-52(36-32-50)54-39-43-60(44-40-54)62(57-17-9-3-10-18-57)58-19-11-4-12-20-58/h1-44H. The summed E-state index contributed by atoms with van der Waals surface area (Å²) in [6.45, 7) is 0. The van der Waals surface area contributed by atoms with Crippen LogP contribution in [0.5, 0.6) is 0 Å². The summed E-state index contributed by atoms with van der Waals surface area (Å²) < 4.78 is 0. The minimum absolute atomic E-state index is 1.13. The van der Waals surface area contributed by atoms with E-state index >= 15 is 0 Å². The summed E-state index contributed by atoms with van der Waals surface area (Å²) in [6.07, 6.45) is 0. The van der Waals surface area contributed by atoms with Crippen molar-refractivity contribution in [1.29, 1.82) is 0 Å². The molecule has 0 amide bonds. The van der Waals surface area contributed by atoms with Crippen LogP contribution in [0.1, 0.15) is 0 Å². The lowest BCUT2D eigenvalue weighted by Crippen LogP contribution is -2.09. The molecule has 0 atom stereocenters. The zero-order chi connectivity index (χ0) is 41.5. The van der Waals surface area contributed by atoms with Gasteiger partial charge in [-0.25, -0.2) is 0 Å². The highest BCUT2D eigenvalue weighted by Gasteiger charge is 2.14. The molecule has 0 N–H and O–H groups in total. The fourth-order valence-corrected chi connectivity index (χ4v) is 8.23. The second-order valence-corrected chi connectivity index (χ2v) is 15.4. The first-order chi connectivity index (χ1) is 30.7. The lowest BCUT2D eigenvalue weighted by molar-refractivity contribution is 1.28. The average molecular weight is 793 g/mol. The van der Waals surface area contributed by atoms with Crippen LogP contribution in [-0.2, 0) is 0 Å². The van der Waals surface area contributed by atoms with Crippen LogP contribution < -0.4 is 9.80 Å². The van der Waals surface area contributed by atoms with Crippen molar-refractivity contribution in [2.24, 2.45) is 0 Å². The highest BCUT2D eigenvalue weighted by molar-refractivity contribution is 5.81. The van der Waals surface area contributed by atoms with E-state index in [2.05, 4.69) is 277 Å². The summed E-state index contributed by atoms with van der Waals surface area (Å²) in [5.74, 6) is 0. The van der Waals surface area contributed by atoms with Gasteiger partial charge in [-0.15, -0.1) is 0 Å². The fraction of sp³-hybridized carbons (Fsp3) is 0. The Hall–Kier alpha value is -8.20. The van der Waals surface area contributed by atoms with Crippen LogP contribution in [-0.4, -0.2) is 0 Å². The summed E-state index contributed by atoms with van der Waals surface area (Å²) in [4.78, 5) is 4.58. The minimum atomic E-state index is 1.13. The Morgan fingerprint density at radius 2 is 0.258 bits per heavy atom. The van der Waals surface area contributed by atoms with Crippen LogP contribution in [0.4, 0.5) is 34.1 Å². The van der Waals surface area contributed by atoms with E-state index in [1.165, 1.54) is 55.6 Å². The van der Waals surface area contributed by atoms with E-state index in [-0.39, 0.29) is 0 Å². The molecule has 0 aromatic heterocycles. The number of hydrogen-bond acceptors (Lipinski definition) is 2. The fourth-order valence-electron chi connectivity index (χ4n) is 8.23. The third-order valence-corrected chi connectivity index (χ3v) is 11.5. The summed E-state index contributed by atoms with van der Waals surface area (Å²) in [7, 11) is 0. The molecule has 0 aliphatic carbocycles. The predicted molar refractivity (Wildman–Crippen MR) is 263 cm³/mol. The van der Waals surface area contributed by atoms with Crippen LogP contribution in [0.25, 0.3) is 55.6 Å². The van der Waals surface area contributed by atoms with Gasteiger partial charge in [0.2, 0.25) is 0 Å². The van der Waals surface area contributed by atoms with E-state index in [1.807, 2.05) is 0 Å². The zero-order valence-corrected chi connectivity index (χ0v) is 34.3. The van der Waals surface area contributed by atoms with Gasteiger partial charge in [0.25, 0.3) is 0 Å². The number of benzene rings is 10. The molecule has 0 saturated heterocycles. The molecule has 0 fully saturated rings. The van der Waals surface area contributed by atoms with Crippen molar-refractivity contribution in [2.45, 2.75) is 0 Å². The van der Waals surface area contributed by atoms with Crippen molar-refractivity contribution in [3.05, 3.63) is 267 Å². The molecule has 62 heavy (non-hydrogen) atoms. The highest BCUT2D eigenvalue weighted by atomic mass is 15.1. The molecule has 0 spiro atoms. The average Bonchev–Trinajstić information content (AvgIpc) is 3.36. The van der Waals surface area contributed by atoms with Crippen molar-refractivity contribution < 1.29 is 0 Å². The molecular weight excluding hydrogens is 749 g/mol. The number of rotatable bonds is 11. The van der Waals surface area contributed by atoms with Crippen LogP contribution >= 0.6 is 0 Å². The third-order valence-electron chi connectivity index (χ3n) is 11.5. The Labute approximate surface area is 364 Å². The summed E-state index contributed by atoms with van der Waals surface area (Å²) in [5.41, 5.74) is 18.8. The topological polar surface area (TPSA) is 6.48 Å². The molecule has 0 bridgehead atoms. The van der Waals surface area contributed by atoms with E-state index in [0.29, 0.717) is 0 Å². The molecule has 0 heterocycles. The second-order valence-electron chi connectivity index (χ2n) is 15.4. The Balaban J connectivity index is 0.793. The van der Waals surface area contributed by atoms with Gasteiger partial charge in [0.1, 0.15) is 0 Å². The lowest BCUT2D eigenvalue weighted by Gasteiger charge is -2.25. The zero-order valence-electron chi connectivity index (χ0n) is 34.3. The largest absolute Gasteiger partial charge is 0.311 e. The smallest absolute Gasteiger partial charge is 0.0462 e. The first kappa shape index (κ1) is 38.0. The summed E-state index contributed by atoms with van der Waals surface area (Å²) >= 11 is 0. The number of nitrogens with zero attached hydrogens (tertiary/aromatic N) is 2. The Morgan fingerprint density at radius 3 is 0.419 bits per heavy atom. The maximum atomic E-state index is 2.29. The molecular formula is C60H44N2. The van der Waals surface area contributed by atoms with Crippen molar-refractivity contribution in [1.82, 2.24) is 0 Å². The lowest BCUT2D eigenvalue weighted by atomic mass is 9.96. The number of anilines is 6. The molecule has 0 unspecified atom stereocenters. The van der Waals surface area contributed by atoms with Crippen molar-refractivity contribution in [3.63, 3.8) is 0 Å². The van der Waals surface area contributed by atoms with Crippen molar-refractivity contribution in [3.8, 4) is 55.6 Å². The van der Waals surface area contributed by atoms with Gasteiger partial charge in [0, 0.05) is 34.1 Å². The molecule has 0 saturated carbocycles. The van der Waals surface area contributed by atoms with Gasteiger partial charge in [-0.2, -0.15) is 0 Å². The van der Waals surface area contributed by atoms with Crippen molar-refractivity contribution >= 4 is 34.1 Å². The summed E-state index contributed by atoms with van der Waals surface area (Å²) in [5, 5.41) is 0. The summed E-state index contributed by atoms with van der Waals surface area (Å²) in [6, 6.07) is 95.3. The van der Waals surface area contributed by atoms with Gasteiger partial charge in [0.15, 0.2) is 0 Å². The monoisotopic (exact) mass is 792 g/mol. The molecule has 0 aliphatic heterocycles. The van der Waals surface area contributed by atoms with Crippen LogP contribution in [0, 0.1) is 0 Å². The number of para-hydroxylation sites is 4. The quantitative estimate of drug-likeness (QED) is 0.129. The third kappa shape index (κ3) is 8.18. The Bertz CT molecular complexity index is 2680. The normalized spacial score (nSPS) is 10.9. The van der Waals surface area contributed by atoms with Gasteiger partial charge in [-0.1, -0.05) is 194 Å². The molecule has 2 heteroatoms. The van der Waals surface area contributed by atoms with Crippen LogP contribution in [0.3, 0.4) is 0 Å². The van der Waals surface area contributed by atoms with E-state index in [1.54, 1.807) is 0 Å². The first-order valence-electron chi connectivity index (χ1n) is 21.2. The van der Waals surface area contributed by atoms with Gasteiger partial charge < -0.3 is 9.80 Å². The molecule has 10 aromatic carbocycles. The van der Waals surface area contributed by atoms with Gasteiger partial charge in [-0.3, -0.25) is 0 Å². The highest BCUT2D eigenvalue weighted by Crippen LogP contribution is 2.38. The Morgan fingerprint density at radius 1 is 0.129 bits per heavy atom. The SMILES string of the molecule is c1ccc(N(c2ccccc2)c2ccc(-c3ccc(-c4ccc(-c5ccc(-c6ccc(-c7ccc(N(c8ccccc8)c8ccccc8)cc7)cc6)cc5)cc4)cc3)cc2)cc1. The van der Waals surface area contributed by atoms with Crippen molar-refractivity contribution in [2.75, 3.05) is 9.80 Å². The van der Waals surface area contributed by atoms with Crippen LogP contribution in [0.15, 0.2) is 267 Å². The molecule has 294 valence electrons. The van der Waals surface area contributed by atoms with Gasteiger partial charge in [0.05, 0.1) is 0 Å². The molecule has 10 rings (SSSR count). The Kier molecular flexibility index (Phi) is 10.8. The first-order valence-corrected chi connectivity index (χ1v) is 21.2. The van der Waals surface area contributed by atoms with Gasteiger partial charge >= 0.3 is 0 Å². The predicted octanol–water partition coefficient (Wildman–Crippen LogP) is 17.0. The van der Waals surface area contributed by atoms with E-state index in [9.17, 15) is 0 Å².